The van der Waals surface area contributed by atoms with Gasteiger partial charge in [0.05, 0.1) is 4.34 Å². The van der Waals surface area contributed by atoms with E-state index < -0.39 is 0 Å². The Morgan fingerprint density at radius 1 is 1.60 bits per heavy atom. The summed E-state index contributed by atoms with van der Waals surface area (Å²) < 4.78 is 0.898. The standard InChI is InChI=1S/C12H18ClNS/c1-12(2)7-9(12)10(14-3)6-8-4-5-11(13)15-8/h4-5,9-10,14H,6-7H2,1-3H3. The number of rotatable bonds is 4. The highest BCUT2D eigenvalue weighted by Gasteiger charge is 2.49. The summed E-state index contributed by atoms with van der Waals surface area (Å²) in [6.45, 7) is 4.70. The zero-order chi connectivity index (χ0) is 11.1. The van der Waals surface area contributed by atoms with E-state index in [1.54, 1.807) is 11.3 Å². The molecule has 0 aliphatic heterocycles. The minimum absolute atomic E-state index is 0.536. The normalized spacial score (nSPS) is 25.2. The van der Waals surface area contributed by atoms with Gasteiger partial charge < -0.3 is 5.32 Å². The number of thiophene rings is 1. The molecule has 1 aliphatic rings. The summed E-state index contributed by atoms with van der Waals surface area (Å²) in [6, 6.07) is 4.74. The van der Waals surface area contributed by atoms with Crippen LogP contribution in [-0.4, -0.2) is 13.1 Å². The summed E-state index contributed by atoms with van der Waals surface area (Å²) in [4.78, 5) is 1.39. The summed E-state index contributed by atoms with van der Waals surface area (Å²) >= 11 is 7.64. The highest BCUT2D eigenvalue weighted by Crippen LogP contribution is 2.54. The summed E-state index contributed by atoms with van der Waals surface area (Å²) in [6.07, 6.45) is 2.46. The van der Waals surface area contributed by atoms with Gasteiger partial charge in [-0.3, -0.25) is 0 Å². The van der Waals surface area contributed by atoms with Crippen LogP contribution >= 0.6 is 22.9 Å². The van der Waals surface area contributed by atoms with E-state index in [4.69, 9.17) is 11.6 Å². The smallest absolute Gasteiger partial charge is 0.0931 e. The molecule has 1 aliphatic carbocycles. The third-order valence-electron chi connectivity index (χ3n) is 3.50. The van der Waals surface area contributed by atoms with Gasteiger partial charge in [-0.1, -0.05) is 25.4 Å². The van der Waals surface area contributed by atoms with Crippen LogP contribution in [0.25, 0.3) is 0 Å². The van der Waals surface area contributed by atoms with Gasteiger partial charge in [-0.05, 0) is 43.4 Å². The fourth-order valence-corrected chi connectivity index (χ4v) is 3.46. The van der Waals surface area contributed by atoms with Crippen LogP contribution in [-0.2, 0) is 6.42 Å². The number of hydrogen-bond acceptors (Lipinski definition) is 2. The number of likely N-dealkylation sites (N-methyl/N-ethyl adjacent to an activating group) is 1. The fourth-order valence-electron chi connectivity index (χ4n) is 2.32. The Bertz CT molecular complexity index is 345. The Morgan fingerprint density at radius 3 is 2.67 bits per heavy atom. The van der Waals surface area contributed by atoms with Gasteiger partial charge in [0.1, 0.15) is 0 Å². The largest absolute Gasteiger partial charge is 0.316 e. The van der Waals surface area contributed by atoms with E-state index in [9.17, 15) is 0 Å². The Morgan fingerprint density at radius 2 is 2.27 bits per heavy atom. The maximum Gasteiger partial charge on any atom is 0.0931 e. The zero-order valence-corrected chi connectivity index (χ0v) is 11.1. The predicted molar refractivity (Wildman–Crippen MR) is 67.8 cm³/mol. The van der Waals surface area contributed by atoms with E-state index in [0.29, 0.717) is 11.5 Å². The topological polar surface area (TPSA) is 12.0 Å². The molecular formula is C12H18ClNS. The lowest BCUT2D eigenvalue weighted by Gasteiger charge is -2.16. The third kappa shape index (κ3) is 2.55. The first-order chi connectivity index (χ1) is 7.03. The average molecular weight is 244 g/mol. The molecule has 0 saturated heterocycles. The Labute approximate surface area is 101 Å². The van der Waals surface area contributed by atoms with E-state index in [1.807, 2.05) is 6.07 Å². The number of nitrogens with one attached hydrogen (secondary N) is 1. The van der Waals surface area contributed by atoms with Gasteiger partial charge in [-0.25, -0.2) is 0 Å². The van der Waals surface area contributed by atoms with Crippen LogP contribution in [0.15, 0.2) is 12.1 Å². The van der Waals surface area contributed by atoms with Crippen LogP contribution in [0.3, 0.4) is 0 Å². The van der Waals surface area contributed by atoms with Crippen LogP contribution in [0.4, 0.5) is 0 Å². The summed E-state index contributed by atoms with van der Waals surface area (Å²) in [5.41, 5.74) is 0.536. The molecule has 1 fully saturated rings. The molecule has 1 N–H and O–H groups in total. The monoisotopic (exact) mass is 243 g/mol. The Balaban J connectivity index is 1.98. The molecule has 84 valence electrons. The highest BCUT2D eigenvalue weighted by molar-refractivity contribution is 7.16. The van der Waals surface area contributed by atoms with E-state index in [-0.39, 0.29) is 0 Å². The summed E-state index contributed by atoms with van der Waals surface area (Å²) in [5, 5.41) is 3.44. The first kappa shape index (κ1) is 11.4. The molecule has 0 amide bonds. The van der Waals surface area contributed by atoms with Crippen LogP contribution in [0, 0.1) is 11.3 Å². The van der Waals surface area contributed by atoms with Crippen molar-refractivity contribution in [3.63, 3.8) is 0 Å². The van der Waals surface area contributed by atoms with Gasteiger partial charge in [0.15, 0.2) is 0 Å². The van der Waals surface area contributed by atoms with Gasteiger partial charge in [-0.15, -0.1) is 11.3 Å². The number of hydrogen-bond donors (Lipinski definition) is 1. The van der Waals surface area contributed by atoms with Gasteiger partial charge in [0.2, 0.25) is 0 Å². The lowest BCUT2D eigenvalue weighted by atomic mass is 10.0. The maximum atomic E-state index is 5.94. The van der Waals surface area contributed by atoms with Crippen LogP contribution in [0.5, 0.6) is 0 Å². The molecule has 2 rings (SSSR count). The molecule has 0 bridgehead atoms. The van der Waals surface area contributed by atoms with E-state index in [0.717, 1.165) is 16.7 Å². The van der Waals surface area contributed by atoms with Crippen LogP contribution in [0.1, 0.15) is 25.1 Å². The highest BCUT2D eigenvalue weighted by atomic mass is 35.5. The van der Waals surface area contributed by atoms with Crippen molar-refractivity contribution in [2.75, 3.05) is 7.05 Å². The van der Waals surface area contributed by atoms with E-state index in [1.165, 1.54) is 11.3 Å². The van der Waals surface area contributed by atoms with Gasteiger partial charge in [-0.2, -0.15) is 0 Å². The molecule has 1 aromatic heterocycles. The molecule has 2 unspecified atom stereocenters. The molecule has 0 aromatic carbocycles. The quantitative estimate of drug-likeness (QED) is 0.853. The average Bonchev–Trinajstić information content (AvgIpc) is 2.59. The Kier molecular flexibility index (Phi) is 3.11. The van der Waals surface area contributed by atoms with Crippen molar-refractivity contribution in [3.05, 3.63) is 21.3 Å². The van der Waals surface area contributed by atoms with Crippen molar-refractivity contribution < 1.29 is 0 Å². The van der Waals surface area contributed by atoms with Crippen molar-refractivity contribution in [1.29, 1.82) is 0 Å². The van der Waals surface area contributed by atoms with E-state index in [2.05, 4.69) is 32.3 Å². The lowest BCUT2D eigenvalue weighted by Crippen LogP contribution is -2.31. The molecule has 1 aromatic rings. The molecular weight excluding hydrogens is 226 g/mol. The molecule has 2 atom stereocenters. The fraction of sp³-hybridized carbons (Fsp3) is 0.667. The zero-order valence-electron chi connectivity index (χ0n) is 9.51. The first-order valence-corrected chi connectivity index (χ1v) is 6.64. The van der Waals surface area contributed by atoms with Crippen molar-refractivity contribution in [3.8, 4) is 0 Å². The SMILES string of the molecule is CNC(Cc1ccc(Cl)s1)C1CC1(C)C. The molecule has 0 spiro atoms. The molecule has 1 nitrogen and oxygen atoms in total. The lowest BCUT2D eigenvalue weighted by molar-refractivity contribution is 0.428. The predicted octanol–water partition coefficient (Wildman–Crippen LogP) is 3.58. The van der Waals surface area contributed by atoms with Gasteiger partial charge in [0.25, 0.3) is 0 Å². The minimum Gasteiger partial charge on any atom is -0.316 e. The van der Waals surface area contributed by atoms with Crippen molar-refractivity contribution in [2.45, 2.75) is 32.7 Å². The van der Waals surface area contributed by atoms with Crippen molar-refractivity contribution >= 4 is 22.9 Å². The molecule has 1 saturated carbocycles. The Hall–Kier alpha value is -0.0500. The van der Waals surface area contributed by atoms with Crippen molar-refractivity contribution in [1.82, 2.24) is 5.32 Å². The molecule has 0 radical (unpaired) electrons. The maximum absolute atomic E-state index is 5.94. The second-order valence-electron chi connectivity index (χ2n) is 5.10. The molecule has 15 heavy (non-hydrogen) atoms. The van der Waals surface area contributed by atoms with Gasteiger partial charge >= 0.3 is 0 Å². The van der Waals surface area contributed by atoms with Crippen molar-refractivity contribution in [2.24, 2.45) is 11.3 Å². The summed E-state index contributed by atoms with van der Waals surface area (Å²) in [5.74, 6) is 0.823. The molecule has 3 heteroatoms. The summed E-state index contributed by atoms with van der Waals surface area (Å²) in [7, 11) is 2.06. The van der Waals surface area contributed by atoms with Gasteiger partial charge in [0, 0.05) is 10.9 Å². The third-order valence-corrected chi connectivity index (χ3v) is 4.75. The van der Waals surface area contributed by atoms with Crippen LogP contribution in [0.2, 0.25) is 4.34 Å². The van der Waals surface area contributed by atoms with E-state index >= 15 is 0 Å². The number of halogens is 1. The first-order valence-electron chi connectivity index (χ1n) is 5.44. The second kappa shape index (κ2) is 4.08. The van der Waals surface area contributed by atoms with Crippen LogP contribution < -0.4 is 5.32 Å². The second-order valence-corrected chi connectivity index (χ2v) is 6.90. The minimum atomic E-state index is 0.536. The molecule has 1 heterocycles.